The van der Waals surface area contributed by atoms with Gasteiger partial charge in [-0.3, -0.25) is 14.9 Å². The van der Waals surface area contributed by atoms with Gasteiger partial charge in [-0.2, -0.15) is 0 Å². The van der Waals surface area contributed by atoms with Gasteiger partial charge in [0.1, 0.15) is 11.3 Å². The molecule has 0 aliphatic carbocycles. The number of nitro benzene ring substituents is 1. The topological polar surface area (TPSA) is 117 Å². The average Bonchev–Trinajstić information content (AvgIpc) is 3.10. The number of carbonyl (C=O) groups is 2. The standard InChI is InChI=1S/C15H18N2O7/c1-22-13-5-4-10(17(20)21)7-12(13)15(19)24-9-14(18)16-8-11-3-2-6-23-11/h4-5,7,11H,2-3,6,8-9H2,1H3,(H,16,18)/t11-/m1/s1. The van der Waals surface area contributed by atoms with E-state index < -0.39 is 23.4 Å². The van der Waals surface area contributed by atoms with E-state index in [1.807, 2.05) is 0 Å². The molecule has 9 heteroatoms. The van der Waals surface area contributed by atoms with E-state index in [0.29, 0.717) is 13.2 Å². The molecule has 1 heterocycles. The van der Waals surface area contributed by atoms with Crippen molar-refractivity contribution in [2.24, 2.45) is 0 Å². The molecule has 0 aromatic heterocycles. The van der Waals surface area contributed by atoms with Gasteiger partial charge in [-0.15, -0.1) is 0 Å². The third-order valence-electron chi connectivity index (χ3n) is 3.50. The van der Waals surface area contributed by atoms with E-state index >= 15 is 0 Å². The molecule has 0 spiro atoms. The quantitative estimate of drug-likeness (QED) is 0.448. The number of esters is 1. The van der Waals surface area contributed by atoms with Crippen LogP contribution in [0.3, 0.4) is 0 Å². The van der Waals surface area contributed by atoms with Gasteiger partial charge in [-0.05, 0) is 18.9 Å². The number of carbonyl (C=O) groups excluding carboxylic acids is 2. The van der Waals surface area contributed by atoms with Gasteiger partial charge in [-0.25, -0.2) is 4.79 Å². The van der Waals surface area contributed by atoms with Crippen molar-refractivity contribution < 1.29 is 28.7 Å². The molecule has 0 radical (unpaired) electrons. The van der Waals surface area contributed by atoms with E-state index in [9.17, 15) is 19.7 Å². The van der Waals surface area contributed by atoms with Crippen LogP contribution in [-0.2, 0) is 14.3 Å². The molecule has 9 nitrogen and oxygen atoms in total. The highest BCUT2D eigenvalue weighted by Gasteiger charge is 2.20. The summed E-state index contributed by atoms with van der Waals surface area (Å²) in [5.41, 5.74) is -0.385. The largest absolute Gasteiger partial charge is 0.496 e. The Hall–Kier alpha value is -2.68. The number of benzene rings is 1. The molecule has 1 aromatic carbocycles. The second kappa shape index (κ2) is 8.25. The highest BCUT2D eigenvalue weighted by molar-refractivity contribution is 5.94. The predicted molar refractivity (Wildman–Crippen MR) is 81.9 cm³/mol. The van der Waals surface area contributed by atoms with Gasteiger partial charge in [0, 0.05) is 25.3 Å². The lowest BCUT2D eigenvalue weighted by Crippen LogP contribution is -2.34. The van der Waals surface area contributed by atoms with Crippen LogP contribution in [0.25, 0.3) is 0 Å². The molecule has 24 heavy (non-hydrogen) atoms. The number of nitrogens with zero attached hydrogens (tertiary/aromatic N) is 1. The number of nitro groups is 1. The summed E-state index contributed by atoms with van der Waals surface area (Å²) < 4.78 is 15.2. The first-order chi connectivity index (χ1) is 11.5. The van der Waals surface area contributed by atoms with Crippen LogP contribution < -0.4 is 10.1 Å². The third-order valence-corrected chi connectivity index (χ3v) is 3.50. The highest BCUT2D eigenvalue weighted by Crippen LogP contribution is 2.24. The van der Waals surface area contributed by atoms with Gasteiger partial charge in [0.25, 0.3) is 11.6 Å². The molecule has 0 unspecified atom stereocenters. The van der Waals surface area contributed by atoms with Gasteiger partial charge in [0.15, 0.2) is 6.61 Å². The number of non-ortho nitro benzene ring substituents is 1. The average molecular weight is 338 g/mol. The normalized spacial score (nSPS) is 16.5. The van der Waals surface area contributed by atoms with Crippen LogP contribution in [0.1, 0.15) is 23.2 Å². The van der Waals surface area contributed by atoms with Crippen molar-refractivity contribution >= 4 is 17.6 Å². The zero-order chi connectivity index (χ0) is 17.5. The molecule has 1 N–H and O–H groups in total. The molecule has 1 saturated heterocycles. The van der Waals surface area contributed by atoms with Crippen molar-refractivity contribution in [1.29, 1.82) is 0 Å². The van der Waals surface area contributed by atoms with Gasteiger partial charge in [0.05, 0.1) is 18.1 Å². The summed E-state index contributed by atoms with van der Waals surface area (Å²) in [5, 5.41) is 13.4. The second-order valence-electron chi connectivity index (χ2n) is 5.16. The lowest BCUT2D eigenvalue weighted by atomic mass is 10.2. The van der Waals surface area contributed by atoms with Gasteiger partial charge in [-0.1, -0.05) is 0 Å². The van der Waals surface area contributed by atoms with Crippen molar-refractivity contribution in [2.45, 2.75) is 18.9 Å². The van der Waals surface area contributed by atoms with E-state index in [0.717, 1.165) is 18.9 Å². The van der Waals surface area contributed by atoms with Crippen LogP contribution in [0.4, 0.5) is 5.69 Å². The van der Waals surface area contributed by atoms with Gasteiger partial charge >= 0.3 is 5.97 Å². The van der Waals surface area contributed by atoms with Crippen molar-refractivity contribution in [2.75, 3.05) is 26.9 Å². The summed E-state index contributed by atoms with van der Waals surface area (Å²) in [4.78, 5) is 33.9. The number of rotatable bonds is 7. The molecule has 0 bridgehead atoms. The molecule has 1 fully saturated rings. The molecule has 1 aliphatic rings. The molecule has 130 valence electrons. The van der Waals surface area contributed by atoms with Crippen LogP contribution >= 0.6 is 0 Å². The molecule has 0 saturated carbocycles. The number of hydrogen-bond acceptors (Lipinski definition) is 7. The number of hydrogen-bond donors (Lipinski definition) is 1. The Morgan fingerprint density at radius 3 is 2.88 bits per heavy atom. The molecular weight excluding hydrogens is 320 g/mol. The van der Waals surface area contributed by atoms with Gasteiger partial charge in [0.2, 0.25) is 0 Å². The van der Waals surface area contributed by atoms with Crippen molar-refractivity contribution in [3.63, 3.8) is 0 Å². The molecule has 2 rings (SSSR count). The first-order valence-corrected chi connectivity index (χ1v) is 7.39. The minimum Gasteiger partial charge on any atom is -0.496 e. The smallest absolute Gasteiger partial charge is 0.342 e. The summed E-state index contributed by atoms with van der Waals surface area (Å²) in [6, 6.07) is 3.56. The zero-order valence-electron chi connectivity index (χ0n) is 13.1. The Balaban J connectivity index is 1.90. The molecule has 1 aliphatic heterocycles. The summed E-state index contributed by atoms with van der Waals surface area (Å²) >= 11 is 0. The Labute approximate surface area is 138 Å². The number of methoxy groups -OCH3 is 1. The van der Waals surface area contributed by atoms with Gasteiger partial charge < -0.3 is 19.5 Å². The number of ether oxygens (including phenoxy) is 3. The maximum Gasteiger partial charge on any atom is 0.342 e. The number of amides is 1. The first kappa shape index (κ1) is 17.7. The number of nitrogens with one attached hydrogen (secondary N) is 1. The van der Waals surface area contributed by atoms with Crippen LogP contribution in [0.15, 0.2) is 18.2 Å². The van der Waals surface area contributed by atoms with E-state index in [1.54, 1.807) is 0 Å². The minimum atomic E-state index is -0.872. The van der Waals surface area contributed by atoms with Crippen molar-refractivity contribution in [3.05, 3.63) is 33.9 Å². The van der Waals surface area contributed by atoms with Crippen LogP contribution in [-0.4, -0.2) is 49.8 Å². The molecule has 1 amide bonds. The summed E-state index contributed by atoms with van der Waals surface area (Å²) in [6.07, 6.45) is 1.83. The zero-order valence-corrected chi connectivity index (χ0v) is 13.1. The van der Waals surface area contributed by atoms with Crippen molar-refractivity contribution in [3.8, 4) is 5.75 Å². The Kier molecular flexibility index (Phi) is 6.07. The summed E-state index contributed by atoms with van der Waals surface area (Å²) in [6.45, 7) is 0.552. The maximum absolute atomic E-state index is 12.0. The SMILES string of the molecule is COc1ccc([N+](=O)[O-])cc1C(=O)OCC(=O)NC[C@H]1CCCO1. The lowest BCUT2D eigenvalue weighted by molar-refractivity contribution is -0.384. The third kappa shape index (κ3) is 4.66. The summed E-state index contributed by atoms with van der Waals surface area (Å²) in [7, 11) is 1.33. The highest BCUT2D eigenvalue weighted by atomic mass is 16.6. The minimum absolute atomic E-state index is 0.0125. The fraction of sp³-hybridized carbons (Fsp3) is 0.467. The van der Waals surface area contributed by atoms with E-state index in [2.05, 4.69) is 5.32 Å². The first-order valence-electron chi connectivity index (χ1n) is 7.39. The maximum atomic E-state index is 12.0. The fourth-order valence-corrected chi connectivity index (χ4v) is 2.26. The Morgan fingerprint density at radius 2 is 2.25 bits per heavy atom. The van der Waals surface area contributed by atoms with Crippen LogP contribution in [0, 0.1) is 10.1 Å². The molecular formula is C15H18N2O7. The fourth-order valence-electron chi connectivity index (χ4n) is 2.26. The lowest BCUT2D eigenvalue weighted by Gasteiger charge is -2.11. The Bertz CT molecular complexity index is 626. The van der Waals surface area contributed by atoms with Crippen molar-refractivity contribution in [1.82, 2.24) is 5.32 Å². The van der Waals surface area contributed by atoms with E-state index in [4.69, 9.17) is 14.2 Å². The summed E-state index contributed by atoms with van der Waals surface area (Å²) in [5.74, 6) is -1.21. The Morgan fingerprint density at radius 1 is 1.46 bits per heavy atom. The predicted octanol–water partition coefficient (Wildman–Crippen LogP) is 1.06. The van der Waals surface area contributed by atoms with E-state index in [-0.39, 0.29) is 23.1 Å². The monoisotopic (exact) mass is 338 g/mol. The second-order valence-corrected chi connectivity index (χ2v) is 5.16. The van der Waals surface area contributed by atoms with E-state index in [1.165, 1.54) is 19.2 Å². The molecule has 1 aromatic rings. The van der Waals surface area contributed by atoms with Crippen LogP contribution in [0.2, 0.25) is 0 Å². The molecule has 1 atom stereocenters. The van der Waals surface area contributed by atoms with Crippen LogP contribution in [0.5, 0.6) is 5.75 Å².